The minimum absolute atomic E-state index is 0.00431. The Morgan fingerprint density at radius 1 is 1.15 bits per heavy atom. The number of anilines is 1. The molecule has 5 nitrogen and oxygen atoms in total. The smallest absolute Gasteiger partial charge is 0.233 e. The van der Waals surface area contributed by atoms with Gasteiger partial charge in [0.1, 0.15) is 10.3 Å². The van der Waals surface area contributed by atoms with Gasteiger partial charge in [-0.05, 0) is 30.3 Å². The van der Waals surface area contributed by atoms with Crippen LogP contribution in [0.25, 0.3) is 10.3 Å². The Hall–Kier alpha value is -2.26. The molecule has 1 saturated heterocycles. The molecule has 0 aliphatic carbocycles. The minimum Gasteiger partial charge on any atom is -0.344 e. The standard InChI is InChI=1S/C18H16F2N4OS2/c19-13-4-3-12(10-14(13)20)26-11-16(25)23-6-8-24(9-7-23)18-22-15-2-1-5-21-17(15)27-18/h1-5,10H,6-9,11H2. The number of pyridine rings is 1. The second-order valence-corrected chi connectivity index (χ2v) is 8.06. The fourth-order valence-corrected chi connectivity index (χ4v) is 4.63. The molecule has 2 aromatic heterocycles. The number of amides is 1. The number of piperazine rings is 1. The highest BCUT2D eigenvalue weighted by Crippen LogP contribution is 2.28. The maximum Gasteiger partial charge on any atom is 0.233 e. The number of carbonyl (C=O) groups excluding carboxylic acids is 1. The van der Waals surface area contributed by atoms with E-state index in [-0.39, 0.29) is 11.7 Å². The number of rotatable bonds is 4. The van der Waals surface area contributed by atoms with E-state index in [1.165, 1.54) is 17.8 Å². The van der Waals surface area contributed by atoms with Gasteiger partial charge >= 0.3 is 0 Å². The lowest BCUT2D eigenvalue weighted by molar-refractivity contribution is -0.128. The Morgan fingerprint density at radius 2 is 1.96 bits per heavy atom. The minimum atomic E-state index is -0.897. The molecule has 0 N–H and O–H groups in total. The summed E-state index contributed by atoms with van der Waals surface area (Å²) in [5, 5.41) is 0.923. The lowest BCUT2D eigenvalue weighted by Crippen LogP contribution is -2.49. The molecule has 3 aromatic rings. The molecule has 0 saturated carbocycles. The Balaban J connectivity index is 1.31. The predicted molar refractivity (Wildman–Crippen MR) is 103 cm³/mol. The van der Waals surface area contributed by atoms with Gasteiger partial charge in [-0.3, -0.25) is 4.79 Å². The average Bonchev–Trinajstić information content (AvgIpc) is 3.13. The SMILES string of the molecule is O=C(CSc1ccc(F)c(F)c1)N1CCN(c2nc3cccnc3s2)CC1. The van der Waals surface area contributed by atoms with Crippen LogP contribution in [-0.2, 0) is 4.79 Å². The molecule has 0 spiro atoms. The number of benzene rings is 1. The number of aromatic nitrogens is 2. The second-order valence-electron chi connectivity index (χ2n) is 6.06. The van der Waals surface area contributed by atoms with E-state index in [4.69, 9.17) is 0 Å². The van der Waals surface area contributed by atoms with E-state index in [0.717, 1.165) is 27.6 Å². The van der Waals surface area contributed by atoms with Gasteiger partial charge in [-0.2, -0.15) is 0 Å². The van der Waals surface area contributed by atoms with Gasteiger partial charge in [-0.15, -0.1) is 11.8 Å². The molecule has 1 aliphatic rings. The molecule has 27 heavy (non-hydrogen) atoms. The summed E-state index contributed by atoms with van der Waals surface area (Å²) in [5.74, 6) is -1.58. The summed E-state index contributed by atoms with van der Waals surface area (Å²) in [6.45, 7) is 2.64. The van der Waals surface area contributed by atoms with Gasteiger partial charge < -0.3 is 9.80 Å². The molecule has 140 valence electrons. The highest BCUT2D eigenvalue weighted by molar-refractivity contribution is 8.00. The van der Waals surface area contributed by atoms with Crippen molar-refractivity contribution in [2.75, 3.05) is 36.8 Å². The Bertz CT molecular complexity index is 940. The van der Waals surface area contributed by atoms with Crippen LogP contribution in [0, 0.1) is 11.6 Å². The lowest BCUT2D eigenvalue weighted by Gasteiger charge is -2.34. The molecular formula is C18H16F2N4OS2. The molecule has 9 heteroatoms. The maximum absolute atomic E-state index is 13.2. The van der Waals surface area contributed by atoms with Crippen molar-refractivity contribution in [3.05, 3.63) is 48.2 Å². The highest BCUT2D eigenvalue weighted by atomic mass is 32.2. The molecule has 1 aromatic carbocycles. The predicted octanol–water partition coefficient (Wildman–Crippen LogP) is 3.41. The lowest BCUT2D eigenvalue weighted by atomic mass is 10.3. The number of nitrogens with zero attached hydrogens (tertiary/aromatic N) is 4. The third kappa shape index (κ3) is 4.03. The van der Waals surface area contributed by atoms with Crippen LogP contribution in [0.2, 0.25) is 0 Å². The third-order valence-corrected chi connectivity index (χ3v) is 6.33. The van der Waals surface area contributed by atoms with Crippen LogP contribution in [0.15, 0.2) is 41.4 Å². The quantitative estimate of drug-likeness (QED) is 0.622. The Kier molecular flexibility index (Phi) is 5.22. The normalized spacial score (nSPS) is 14.7. The largest absolute Gasteiger partial charge is 0.344 e. The first-order chi connectivity index (χ1) is 13.1. The van der Waals surface area contributed by atoms with Crippen LogP contribution in [0.4, 0.5) is 13.9 Å². The molecule has 0 bridgehead atoms. The zero-order chi connectivity index (χ0) is 18.8. The van der Waals surface area contributed by atoms with Crippen LogP contribution in [0.3, 0.4) is 0 Å². The molecular weight excluding hydrogens is 390 g/mol. The van der Waals surface area contributed by atoms with Crippen LogP contribution >= 0.6 is 23.1 Å². The zero-order valence-corrected chi connectivity index (χ0v) is 15.9. The van der Waals surface area contributed by atoms with Gasteiger partial charge in [0.2, 0.25) is 5.91 Å². The van der Waals surface area contributed by atoms with Crippen molar-refractivity contribution in [1.82, 2.24) is 14.9 Å². The maximum atomic E-state index is 13.2. The number of carbonyl (C=O) groups is 1. The van der Waals surface area contributed by atoms with E-state index in [1.54, 1.807) is 22.4 Å². The molecule has 0 unspecified atom stereocenters. The topological polar surface area (TPSA) is 49.3 Å². The van der Waals surface area contributed by atoms with E-state index >= 15 is 0 Å². The third-order valence-electron chi connectivity index (χ3n) is 4.31. The number of hydrogen-bond donors (Lipinski definition) is 0. The van der Waals surface area contributed by atoms with Gasteiger partial charge in [0.25, 0.3) is 0 Å². The van der Waals surface area contributed by atoms with Crippen molar-refractivity contribution >= 4 is 44.5 Å². The first-order valence-electron chi connectivity index (χ1n) is 8.42. The van der Waals surface area contributed by atoms with Gasteiger partial charge in [0.15, 0.2) is 16.8 Å². The number of thioether (sulfide) groups is 1. The van der Waals surface area contributed by atoms with Crippen LogP contribution in [0.5, 0.6) is 0 Å². The van der Waals surface area contributed by atoms with E-state index in [2.05, 4.69) is 14.9 Å². The van der Waals surface area contributed by atoms with Gasteiger partial charge in [-0.1, -0.05) is 11.3 Å². The molecule has 3 heterocycles. The second kappa shape index (κ2) is 7.77. The van der Waals surface area contributed by atoms with E-state index < -0.39 is 11.6 Å². The van der Waals surface area contributed by atoms with Crippen molar-refractivity contribution in [2.24, 2.45) is 0 Å². The number of fused-ring (bicyclic) bond motifs is 1. The first-order valence-corrected chi connectivity index (χ1v) is 10.2. The number of halogens is 2. The van der Waals surface area contributed by atoms with Crippen molar-refractivity contribution in [3.8, 4) is 0 Å². The monoisotopic (exact) mass is 406 g/mol. The van der Waals surface area contributed by atoms with Gasteiger partial charge in [0.05, 0.1) is 5.75 Å². The summed E-state index contributed by atoms with van der Waals surface area (Å²) >= 11 is 2.77. The van der Waals surface area contributed by atoms with Crippen LogP contribution in [-0.4, -0.2) is 52.7 Å². The van der Waals surface area contributed by atoms with E-state index in [0.29, 0.717) is 31.1 Å². The summed E-state index contributed by atoms with van der Waals surface area (Å²) in [5.41, 5.74) is 0.888. The van der Waals surface area contributed by atoms with Gasteiger partial charge in [-0.25, -0.2) is 18.7 Å². The molecule has 0 radical (unpaired) electrons. The van der Waals surface area contributed by atoms with Gasteiger partial charge in [0, 0.05) is 37.3 Å². The summed E-state index contributed by atoms with van der Waals surface area (Å²) in [4.78, 5) is 26.7. The van der Waals surface area contributed by atoms with Crippen molar-refractivity contribution in [2.45, 2.75) is 4.90 Å². The summed E-state index contributed by atoms with van der Waals surface area (Å²) in [7, 11) is 0. The van der Waals surface area contributed by atoms with Crippen molar-refractivity contribution in [3.63, 3.8) is 0 Å². The zero-order valence-electron chi connectivity index (χ0n) is 14.3. The van der Waals surface area contributed by atoms with E-state index in [9.17, 15) is 13.6 Å². The number of hydrogen-bond acceptors (Lipinski definition) is 6. The average molecular weight is 406 g/mol. The van der Waals surface area contributed by atoms with E-state index in [1.807, 2.05) is 12.1 Å². The fourth-order valence-electron chi connectivity index (χ4n) is 2.84. The summed E-state index contributed by atoms with van der Waals surface area (Å²) in [6, 6.07) is 7.49. The summed E-state index contributed by atoms with van der Waals surface area (Å²) < 4.78 is 26.2. The van der Waals surface area contributed by atoms with Crippen LogP contribution < -0.4 is 4.90 Å². The summed E-state index contributed by atoms with van der Waals surface area (Å²) in [6.07, 6.45) is 1.76. The molecule has 1 amide bonds. The van der Waals surface area contributed by atoms with Crippen molar-refractivity contribution < 1.29 is 13.6 Å². The van der Waals surface area contributed by atoms with Crippen LogP contribution in [0.1, 0.15) is 0 Å². The highest BCUT2D eigenvalue weighted by Gasteiger charge is 2.23. The molecule has 1 fully saturated rings. The molecule has 1 aliphatic heterocycles. The number of thiazole rings is 1. The fraction of sp³-hybridized carbons (Fsp3) is 0.278. The molecule has 0 atom stereocenters. The Labute approximate surface area is 163 Å². The Morgan fingerprint density at radius 3 is 2.70 bits per heavy atom. The van der Waals surface area contributed by atoms with Crippen molar-refractivity contribution in [1.29, 1.82) is 0 Å². The molecule has 4 rings (SSSR count). The first kappa shape index (κ1) is 18.1.